The Morgan fingerprint density at radius 3 is 2.59 bits per heavy atom. The standard InChI is InChI=1S/C14H14BrN4O3/c1-17-10-11(18(2)14(21)19(3)12(10)20)16-13(17)22-9-7-5-4-6-8(9)15/h4-7,10H,1-3H3/q+1. The van der Waals surface area contributed by atoms with Gasteiger partial charge in [-0.3, -0.25) is 14.6 Å². The molecule has 0 aromatic heterocycles. The molecule has 114 valence electrons. The van der Waals surface area contributed by atoms with Crippen LogP contribution in [0, 0.1) is 0 Å². The second kappa shape index (κ2) is 5.20. The van der Waals surface area contributed by atoms with Crippen LogP contribution >= 0.6 is 15.9 Å². The number of rotatable bonds is 1. The smallest absolute Gasteiger partial charge is 0.388 e. The number of halogens is 1. The Bertz CT molecular complexity index is 743. The third-order valence-electron chi connectivity index (χ3n) is 3.66. The molecule has 0 N–H and O–H groups in total. The zero-order valence-corrected chi connectivity index (χ0v) is 13.9. The molecule has 1 aromatic rings. The van der Waals surface area contributed by atoms with Gasteiger partial charge in [0.1, 0.15) is 5.75 Å². The number of ether oxygens (including phenoxy) is 1. The minimum absolute atomic E-state index is 0.273. The van der Waals surface area contributed by atoms with E-state index in [4.69, 9.17) is 4.74 Å². The number of hydrogen-bond donors (Lipinski definition) is 0. The number of likely N-dealkylation sites (N-methyl/N-ethyl adjacent to an activating group) is 3. The van der Waals surface area contributed by atoms with E-state index < -0.39 is 12.1 Å². The third-order valence-corrected chi connectivity index (χ3v) is 4.32. The SMILES string of the molecule is CN1C(=O)C2C(=NC(Oc3ccccc3Br)=[N+]2C)N(C)C1=O. The lowest BCUT2D eigenvalue weighted by molar-refractivity contribution is -0.511. The first-order valence-electron chi connectivity index (χ1n) is 6.58. The number of aliphatic imine (C=N–C) groups is 1. The van der Waals surface area contributed by atoms with Crippen LogP contribution in [0.4, 0.5) is 4.79 Å². The van der Waals surface area contributed by atoms with Crippen LogP contribution < -0.4 is 4.74 Å². The Morgan fingerprint density at radius 1 is 1.23 bits per heavy atom. The summed E-state index contributed by atoms with van der Waals surface area (Å²) in [5, 5.41) is 0. The van der Waals surface area contributed by atoms with Crippen LogP contribution in [0.1, 0.15) is 0 Å². The highest BCUT2D eigenvalue weighted by molar-refractivity contribution is 9.10. The van der Waals surface area contributed by atoms with Gasteiger partial charge in [0.05, 0.1) is 11.5 Å². The van der Waals surface area contributed by atoms with Gasteiger partial charge in [-0.05, 0) is 28.1 Å². The molecule has 22 heavy (non-hydrogen) atoms. The summed E-state index contributed by atoms with van der Waals surface area (Å²) in [6.07, 6.45) is 0. The van der Waals surface area contributed by atoms with Crippen LogP contribution in [0.3, 0.4) is 0 Å². The molecule has 1 fully saturated rings. The Hall–Kier alpha value is -2.22. The molecule has 1 saturated heterocycles. The average molecular weight is 366 g/mol. The monoisotopic (exact) mass is 365 g/mol. The number of fused-ring (bicyclic) bond motifs is 1. The summed E-state index contributed by atoms with van der Waals surface area (Å²) < 4.78 is 8.18. The fourth-order valence-electron chi connectivity index (χ4n) is 2.38. The van der Waals surface area contributed by atoms with E-state index in [1.807, 2.05) is 18.2 Å². The van der Waals surface area contributed by atoms with Crippen molar-refractivity contribution in [2.45, 2.75) is 6.04 Å². The molecule has 7 nitrogen and oxygen atoms in total. The highest BCUT2D eigenvalue weighted by atomic mass is 79.9. The van der Waals surface area contributed by atoms with E-state index in [0.29, 0.717) is 11.6 Å². The Balaban J connectivity index is 1.98. The van der Waals surface area contributed by atoms with Crippen LogP contribution in [-0.2, 0) is 4.79 Å². The van der Waals surface area contributed by atoms with Gasteiger partial charge >= 0.3 is 12.1 Å². The van der Waals surface area contributed by atoms with Crippen molar-refractivity contribution in [3.8, 4) is 5.75 Å². The molecule has 1 aromatic carbocycles. The third kappa shape index (κ3) is 2.10. The maximum absolute atomic E-state index is 12.3. The minimum atomic E-state index is -0.648. The summed E-state index contributed by atoms with van der Waals surface area (Å²) in [5.74, 6) is 0.634. The second-order valence-electron chi connectivity index (χ2n) is 5.04. The normalized spacial score (nSPS) is 21.3. The average Bonchev–Trinajstić information content (AvgIpc) is 2.82. The van der Waals surface area contributed by atoms with E-state index in [1.165, 1.54) is 11.9 Å². The number of amides is 3. The summed E-state index contributed by atoms with van der Waals surface area (Å²) in [7, 11) is 4.76. The van der Waals surface area contributed by atoms with Gasteiger partial charge in [-0.2, -0.15) is 0 Å². The van der Waals surface area contributed by atoms with E-state index in [0.717, 1.165) is 9.37 Å². The number of amidine groups is 2. The summed E-state index contributed by atoms with van der Waals surface area (Å²) >= 11 is 3.40. The van der Waals surface area contributed by atoms with Crippen LogP contribution in [0.15, 0.2) is 33.7 Å². The van der Waals surface area contributed by atoms with Crippen molar-refractivity contribution in [3.63, 3.8) is 0 Å². The second-order valence-corrected chi connectivity index (χ2v) is 5.89. The molecule has 3 rings (SSSR count). The minimum Gasteiger partial charge on any atom is -0.388 e. The van der Waals surface area contributed by atoms with Crippen LogP contribution in [-0.4, -0.2) is 65.4 Å². The largest absolute Gasteiger partial charge is 0.502 e. The van der Waals surface area contributed by atoms with Gasteiger partial charge in [-0.15, -0.1) is 0 Å². The molecular weight excluding hydrogens is 352 g/mol. The van der Waals surface area contributed by atoms with Crippen LogP contribution in [0.25, 0.3) is 0 Å². The first-order valence-corrected chi connectivity index (χ1v) is 7.37. The van der Waals surface area contributed by atoms with Crippen molar-refractivity contribution >= 4 is 39.7 Å². The Labute approximate surface area is 135 Å². The molecular formula is C14H14BrN4O3+. The predicted octanol–water partition coefficient (Wildman–Crippen LogP) is 1.13. The Morgan fingerprint density at radius 2 is 1.91 bits per heavy atom. The van der Waals surface area contributed by atoms with E-state index in [-0.39, 0.29) is 11.9 Å². The number of para-hydroxylation sites is 1. The van der Waals surface area contributed by atoms with Crippen LogP contribution in [0.2, 0.25) is 0 Å². The number of hydrogen-bond acceptors (Lipinski definition) is 4. The molecule has 8 heteroatoms. The molecule has 2 aliphatic heterocycles. The Kier molecular flexibility index (Phi) is 3.48. The zero-order valence-electron chi connectivity index (χ0n) is 12.3. The lowest BCUT2D eigenvalue weighted by Crippen LogP contribution is -2.61. The highest BCUT2D eigenvalue weighted by Gasteiger charge is 2.53. The van der Waals surface area contributed by atoms with Crippen molar-refractivity contribution in [1.82, 2.24) is 9.80 Å². The van der Waals surface area contributed by atoms with Crippen molar-refractivity contribution in [2.24, 2.45) is 4.99 Å². The van der Waals surface area contributed by atoms with Gasteiger partial charge in [0.2, 0.25) is 0 Å². The summed E-state index contributed by atoms with van der Waals surface area (Å²) in [4.78, 5) is 31.1. The topological polar surface area (TPSA) is 65.2 Å². The van der Waals surface area contributed by atoms with E-state index in [2.05, 4.69) is 20.9 Å². The molecule has 3 amide bonds. The maximum Gasteiger partial charge on any atom is 0.502 e. The molecule has 1 unspecified atom stereocenters. The predicted molar refractivity (Wildman–Crippen MR) is 83.1 cm³/mol. The quantitative estimate of drug-likeness (QED) is 0.700. The zero-order chi connectivity index (χ0) is 16.0. The van der Waals surface area contributed by atoms with E-state index in [1.54, 1.807) is 24.7 Å². The van der Waals surface area contributed by atoms with Gasteiger partial charge in [-0.1, -0.05) is 12.1 Å². The first-order chi connectivity index (χ1) is 10.4. The number of nitrogens with zero attached hydrogens (tertiary/aromatic N) is 4. The summed E-state index contributed by atoms with van der Waals surface area (Å²) in [5.41, 5.74) is 0. The number of urea groups is 1. The van der Waals surface area contributed by atoms with Gasteiger partial charge in [0.25, 0.3) is 17.8 Å². The molecule has 0 spiro atoms. The number of carbonyl (C=O) groups is 2. The van der Waals surface area contributed by atoms with Gasteiger partial charge < -0.3 is 4.74 Å². The van der Waals surface area contributed by atoms with Crippen molar-refractivity contribution in [1.29, 1.82) is 0 Å². The fraction of sp³-hybridized carbons (Fsp3) is 0.286. The number of imide groups is 1. The summed E-state index contributed by atoms with van der Waals surface area (Å²) in [6.45, 7) is 0. The number of carbonyl (C=O) groups excluding carboxylic acids is 2. The highest BCUT2D eigenvalue weighted by Crippen LogP contribution is 2.26. The molecule has 2 heterocycles. The maximum atomic E-state index is 12.3. The van der Waals surface area contributed by atoms with Crippen molar-refractivity contribution < 1.29 is 18.9 Å². The van der Waals surface area contributed by atoms with Gasteiger partial charge in [0.15, 0.2) is 0 Å². The molecule has 2 aliphatic rings. The molecule has 0 radical (unpaired) electrons. The molecule has 0 saturated carbocycles. The molecule has 1 atom stereocenters. The van der Waals surface area contributed by atoms with Crippen molar-refractivity contribution in [2.75, 3.05) is 21.1 Å². The van der Waals surface area contributed by atoms with Gasteiger partial charge in [-0.25, -0.2) is 9.37 Å². The first kappa shape index (κ1) is 14.7. The van der Waals surface area contributed by atoms with Crippen molar-refractivity contribution in [3.05, 3.63) is 28.7 Å². The summed E-state index contributed by atoms with van der Waals surface area (Å²) in [6, 6.07) is 6.56. The lowest BCUT2D eigenvalue weighted by atomic mass is 10.2. The fourth-order valence-corrected chi connectivity index (χ4v) is 2.74. The number of benzene rings is 1. The van der Waals surface area contributed by atoms with E-state index >= 15 is 0 Å². The molecule has 0 aliphatic carbocycles. The lowest BCUT2D eigenvalue weighted by Gasteiger charge is -2.29. The molecule has 0 bridgehead atoms. The van der Waals surface area contributed by atoms with E-state index in [9.17, 15) is 9.59 Å². The van der Waals surface area contributed by atoms with Crippen LogP contribution in [0.5, 0.6) is 5.75 Å². The van der Waals surface area contributed by atoms with Gasteiger partial charge in [0, 0.05) is 19.1 Å².